The van der Waals surface area contributed by atoms with Crippen molar-refractivity contribution in [2.24, 2.45) is 0 Å². The maximum absolute atomic E-state index is 13.5. The molecule has 1 saturated heterocycles. The topological polar surface area (TPSA) is 93.9 Å². The van der Waals surface area contributed by atoms with Crippen LogP contribution in [0.15, 0.2) is 30.3 Å². The van der Waals surface area contributed by atoms with Crippen molar-refractivity contribution in [2.45, 2.75) is 38.1 Å². The van der Waals surface area contributed by atoms with Gasteiger partial charge < -0.3 is 5.32 Å². The van der Waals surface area contributed by atoms with E-state index in [0.29, 0.717) is 40.3 Å². The van der Waals surface area contributed by atoms with Gasteiger partial charge in [0.25, 0.3) is 5.91 Å². The van der Waals surface area contributed by atoms with Crippen LogP contribution < -0.4 is 5.32 Å². The van der Waals surface area contributed by atoms with Crippen molar-refractivity contribution >= 4 is 32.5 Å². The lowest BCUT2D eigenvalue weighted by molar-refractivity contribution is 0.102. The van der Waals surface area contributed by atoms with Crippen LogP contribution in [0.3, 0.4) is 0 Å². The molecule has 156 valence electrons. The molecular weight excluding hydrogens is 407 g/mol. The van der Waals surface area contributed by atoms with Crippen molar-refractivity contribution in [3.05, 3.63) is 53.1 Å². The van der Waals surface area contributed by atoms with E-state index in [1.165, 1.54) is 18.2 Å². The number of nitrogens with zero attached hydrogens (tertiary/aromatic N) is 3. The molecule has 0 radical (unpaired) electrons. The van der Waals surface area contributed by atoms with Crippen LogP contribution in [-0.2, 0) is 9.84 Å². The molecule has 9 heteroatoms. The van der Waals surface area contributed by atoms with Gasteiger partial charge in [-0.1, -0.05) is 6.07 Å². The summed E-state index contributed by atoms with van der Waals surface area (Å²) in [5.41, 5.74) is 2.77. The normalized spacial score (nSPS) is 20.5. The predicted molar refractivity (Wildman–Crippen MR) is 111 cm³/mol. The Kier molecular flexibility index (Phi) is 4.39. The quantitative estimate of drug-likeness (QED) is 0.688. The van der Waals surface area contributed by atoms with E-state index < -0.39 is 15.7 Å². The zero-order valence-electron chi connectivity index (χ0n) is 16.4. The number of carbonyl (C=O) groups is 1. The number of anilines is 1. The molecule has 1 amide bonds. The predicted octanol–water partition coefficient (Wildman–Crippen LogP) is 3.37. The molecule has 5 rings (SSSR count). The number of sulfone groups is 1. The molecule has 0 bridgehead atoms. The summed E-state index contributed by atoms with van der Waals surface area (Å²) in [5, 5.41) is 7.94. The zero-order valence-corrected chi connectivity index (χ0v) is 17.2. The van der Waals surface area contributed by atoms with Gasteiger partial charge in [-0.25, -0.2) is 22.5 Å². The van der Waals surface area contributed by atoms with Gasteiger partial charge in [0, 0.05) is 17.3 Å². The van der Waals surface area contributed by atoms with Gasteiger partial charge in [-0.15, -0.1) is 0 Å². The molecule has 2 aliphatic rings. The number of aryl methyl sites for hydroxylation is 1. The van der Waals surface area contributed by atoms with Crippen LogP contribution in [0.2, 0.25) is 0 Å². The molecule has 1 atom stereocenters. The fourth-order valence-electron chi connectivity index (χ4n) is 4.09. The van der Waals surface area contributed by atoms with Crippen LogP contribution in [0.1, 0.15) is 53.0 Å². The number of hydrogen-bond acceptors (Lipinski definition) is 5. The summed E-state index contributed by atoms with van der Waals surface area (Å²) in [6.45, 7) is 1.79. The van der Waals surface area contributed by atoms with E-state index in [-0.39, 0.29) is 23.5 Å². The summed E-state index contributed by atoms with van der Waals surface area (Å²) < 4.78 is 39.2. The lowest BCUT2D eigenvalue weighted by Gasteiger charge is -2.12. The van der Waals surface area contributed by atoms with Crippen molar-refractivity contribution in [2.75, 3.05) is 16.8 Å². The van der Waals surface area contributed by atoms with E-state index >= 15 is 0 Å². The Balaban J connectivity index is 1.61. The Labute approximate surface area is 173 Å². The van der Waals surface area contributed by atoms with Crippen molar-refractivity contribution in [3.8, 4) is 0 Å². The standard InChI is InChI=1S/C21H21FN4O3S/c1-12-19-17(21(27)23-15-4-2-3-14(22)9-15)10-18(13-5-6-13)24-20(19)26(25-12)16-7-8-30(28,29)11-16/h2-4,9-10,13,16H,5-8,11H2,1H3,(H,23,27)/t16-/m1/s1. The Morgan fingerprint density at radius 1 is 1.23 bits per heavy atom. The monoisotopic (exact) mass is 428 g/mol. The molecule has 0 spiro atoms. The zero-order chi connectivity index (χ0) is 21.0. The second kappa shape index (κ2) is 6.87. The number of rotatable bonds is 4. The summed E-state index contributed by atoms with van der Waals surface area (Å²) in [7, 11) is -3.09. The Morgan fingerprint density at radius 3 is 2.70 bits per heavy atom. The fraction of sp³-hybridized carbons (Fsp3) is 0.381. The third-order valence-electron chi connectivity index (χ3n) is 5.73. The van der Waals surface area contributed by atoms with Gasteiger partial charge in [0.1, 0.15) is 5.82 Å². The first-order valence-corrected chi connectivity index (χ1v) is 11.8. The molecule has 0 unspecified atom stereocenters. The molecule has 7 nitrogen and oxygen atoms in total. The van der Waals surface area contributed by atoms with Gasteiger partial charge >= 0.3 is 0 Å². The number of amides is 1. The van der Waals surface area contributed by atoms with E-state index in [0.717, 1.165) is 18.5 Å². The summed E-state index contributed by atoms with van der Waals surface area (Å²) in [4.78, 5) is 17.9. The van der Waals surface area contributed by atoms with E-state index in [2.05, 4.69) is 10.4 Å². The average Bonchev–Trinajstić information content (AvgIpc) is 3.41. The number of pyridine rings is 1. The minimum absolute atomic E-state index is 0.0311. The smallest absolute Gasteiger partial charge is 0.256 e. The first-order valence-electron chi connectivity index (χ1n) is 9.98. The van der Waals surface area contributed by atoms with Gasteiger partial charge in [0.05, 0.1) is 34.2 Å². The van der Waals surface area contributed by atoms with Gasteiger partial charge in [-0.3, -0.25) is 4.79 Å². The maximum atomic E-state index is 13.5. The van der Waals surface area contributed by atoms with Crippen molar-refractivity contribution in [1.82, 2.24) is 14.8 Å². The highest BCUT2D eigenvalue weighted by atomic mass is 32.2. The van der Waals surface area contributed by atoms with Gasteiger partial charge in [-0.2, -0.15) is 5.10 Å². The highest BCUT2D eigenvalue weighted by molar-refractivity contribution is 7.91. The molecule has 1 N–H and O–H groups in total. The first-order chi connectivity index (χ1) is 14.3. The summed E-state index contributed by atoms with van der Waals surface area (Å²) >= 11 is 0. The second-order valence-corrected chi connectivity index (χ2v) is 10.3. The first kappa shape index (κ1) is 19.2. The number of fused-ring (bicyclic) bond motifs is 1. The molecular formula is C21H21FN4O3S. The minimum atomic E-state index is -3.09. The third kappa shape index (κ3) is 3.47. The van der Waals surface area contributed by atoms with E-state index in [1.807, 2.05) is 0 Å². The van der Waals surface area contributed by atoms with Crippen LogP contribution in [0.5, 0.6) is 0 Å². The van der Waals surface area contributed by atoms with Gasteiger partial charge in [0.15, 0.2) is 15.5 Å². The minimum Gasteiger partial charge on any atom is -0.322 e. The lowest BCUT2D eigenvalue weighted by Crippen LogP contribution is -2.15. The fourth-order valence-corrected chi connectivity index (χ4v) is 5.78. The van der Waals surface area contributed by atoms with Crippen LogP contribution in [0, 0.1) is 12.7 Å². The molecule has 3 heterocycles. The summed E-state index contributed by atoms with van der Waals surface area (Å²) in [6.07, 6.45) is 2.50. The number of benzene rings is 1. The summed E-state index contributed by atoms with van der Waals surface area (Å²) in [5.74, 6) is -0.336. The maximum Gasteiger partial charge on any atom is 0.256 e. The molecule has 30 heavy (non-hydrogen) atoms. The van der Waals surface area contributed by atoms with Gasteiger partial charge in [0.2, 0.25) is 0 Å². The number of halogens is 1. The molecule has 1 aromatic carbocycles. The number of nitrogens with one attached hydrogen (secondary N) is 1. The number of aromatic nitrogens is 3. The Morgan fingerprint density at radius 2 is 2.03 bits per heavy atom. The average molecular weight is 428 g/mol. The van der Waals surface area contributed by atoms with Crippen molar-refractivity contribution in [1.29, 1.82) is 0 Å². The van der Waals surface area contributed by atoms with E-state index in [1.54, 1.807) is 23.7 Å². The SMILES string of the molecule is Cc1nn([C@@H]2CCS(=O)(=O)C2)c2nc(C3CC3)cc(C(=O)Nc3cccc(F)c3)c12. The highest BCUT2D eigenvalue weighted by Gasteiger charge is 2.34. The summed E-state index contributed by atoms with van der Waals surface area (Å²) in [6, 6.07) is 7.24. The molecule has 1 saturated carbocycles. The van der Waals surface area contributed by atoms with Crippen LogP contribution in [0.25, 0.3) is 11.0 Å². The second-order valence-electron chi connectivity index (χ2n) is 8.12. The molecule has 1 aliphatic heterocycles. The Hall–Kier alpha value is -2.81. The highest BCUT2D eigenvalue weighted by Crippen LogP contribution is 2.41. The van der Waals surface area contributed by atoms with E-state index in [9.17, 15) is 17.6 Å². The molecule has 1 aliphatic carbocycles. The number of carbonyl (C=O) groups excluding carboxylic acids is 1. The molecule has 2 aromatic heterocycles. The number of hydrogen-bond donors (Lipinski definition) is 1. The lowest BCUT2D eigenvalue weighted by atomic mass is 10.1. The van der Waals surface area contributed by atoms with Crippen molar-refractivity contribution < 1.29 is 17.6 Å². The Bertz CT molecular complexity index is 1280. The molecule has 3 aromatic rings. The van der Waals surface area contributed by atoms with Crippen molar-refractivity contribution in [3.63, 3.8) is 0 Å². The molecule has 2 fully saturated rings. The largest absolute Gasteiger partial charge is 0.322 e. The van der Waals surface area contributed by atoms with Crippen LogP contribution in [-0.4, -0.2) is 40.6 Å². The van der Waals surface area contributed by atoms with E-state index in [4.69, 9.17) is 4.98 Å². The van der Waals surface area contributed by atoms with Crippen LogP contribution in [0.4, 0.5) is 10.1 Å². The van der Waals surface area contributed by atoms with Crippen LogP contribution >= 0.6 is 0 Å². The third-order valence-corrected chi connectivity index (χ3v) is 7.48. The van der Waals surface area contributed by atoms with Gasteiger partial charge in [-0.05, 0) is 50.5 Å².